The van der Waals surface area contributed by atoms with Gasteiger partial charge in [0.15, 0.2) is 5.78 Å². The van der Waals surface area contributed by atoms with E-state index in [2.05, 4.69) is 9.97 Å². The monoisotopic (exact) mass is 234 g/mol. The Kier molecular flexibility index (Phi) is 3.37. The zero-order chi connectivity index (χ0) is 11.4. The summed E-state index contributed by atoms with van der Waals surface area (Å²) in [6, 6.07) is 6.93. The Morgan fingerprint density at radius 1 is 1.31 bits per heavy atom. The smallest absolute Gasteiger partial charge is 0.163 e. The highest BCUT2D eigenvalue weighted by molar-refractivity contribution is 6.30. The number of Topliss-reactive ketones (excluding diaryl/α,β-unsaturated/α-hetero) is 1. The number of hydrogen-bond donors (Lipinski definition) is 1. The van der Waals surface area contributed by atoms with Crippen molar-refractivity contribution < 1.29 is 4.79 Å². The number of ketones is 1. The van der Waals surface area contributed by atoms with Crippen molar-refractivity contribution in [2.45, 2.75) is 12.8 Å². The maximum absolute atomic E-state index is 11.8. The van der Waals surface area contributed by atoms with E-state index in [-0.39, 0.29) is 5.78 Å². The fourth-order valence-electron chi connectivity index (χ4n) is 1.45. The molecule has 2 aromatic rings. The molecule has 0 radical (unpaired) electrons. The minimum Gasteiger partial charge on any atom is -0.349 e. The van der Waals surface area contributed by atoms with Crippen LogP contribution in [0.15, 0.2) is 36.7 Å². The summed E-state index contributed by atoms with van der Waals surface area (Å²) in [5.41, 5.74) is 0.691. The number of nitrogens with one attached hydrogen (secondary N) is 1. The first-order valence-electron chi connectivity index (χ1n) is 5.03. The normalized spacial score (nSPS) is 10.3. The third kappa shape index (κ3) is 2.70. The van der Waals surface area contributed by atoms with Crippen molar-refractivity contribution in [2.75, 3.05) is 0 Å². The molecular formula is C12H11ClN2O. The molecule has 1 aromatic carbocycles. The van der Waals surface area contributed by atoms with Crippen molar-refractivity contribution in [1.29, 1.82) is 0 Å². The van der Waals surface area contributed by atoms with Gasteiger partial charge in [-0.2, -0.15) is 0 Å². The van der Waals surface area contributed by atoms with Gasteiger partial charge in [-0.3, -0.25) is 4.79 Å². The minimum atomic E-state index is 0.105. The van der Waals surface area contributed by atoms with Crippen LogP contribution in [0.25, 0.3) is 0 Å². The molecule has 0 saturated heterocycles. The quantitative estimate of drug-likeness (QED) is 0.827. The van der Waals surface area contributed by atoms with Crippen molar-refractivity contribution in [1.82, 2.24) is 9.97 Å². The summed E-state index contributed by atoms with van der Waals surface area (Å²) < 4.78 is 0. The fraction of sp³-hybridized carbons (Fsp3) is 0.167. The molecule has 0 aliphatic heterocycles. The lowest BCUT2D eigenvalue weighted by molar-refractivity contribution is 0.0982. The Balaban J connectivity index is 1.95. The molecule has 0 aliphatic carbocycles. The van der Waals surface area contributed by atoms with Gasteiger partial charge < -0.3 is 4.98 Å². The lowest BCUT2D eigenvalue weighted by Crippen LogP contribution is -2.01. The van der Waals surface area contributed by atoms with Crippen LogP contribution in [0.4, 0.5) is 0 Å². The Hall–Kier alpha value is -1.61. The lowest BCUT2D eigenvalue weighted by atomic mass is 10.1. The van der Waals surface area contributed by atoms with Crippen LogP contribution in [0.1, 0.15) is 22.6 Å². The average molecular weight is 235 g/mol. The van der Waals surface area contributed by atoms with Crippen molar-refractivity contribution >= 4 is 17.4 Å². The van der Waals surface area contributed by atoms with E-state index in [9.17, 15) is 4.79 Å². The molecule has 0 atom stereocenters. The Morgan fingerprint density at radius 3 is 2.69 bits per heavy atom. The molecular weight excluding hydrogens is 224 g/mol. The molecule has 0 spiro atoms. The summed E-state index contributed by atoms with van der Waals surface area (Å²) in [7, 11) is 0. The van der Waals surface area contributed by atoms with Crippen LogP contribution in [-0.4, -0.2) is 15.8 Å². The van der Waals surface area contributed by atoms with Crippen LogP contribution in [0.3, 0.4) is 0 Å². The first-order valence-corrected chi connectivity index (χ1v) is 5.40. The molecule has 0 bridgehead atoms. The van der Waals surface area contributed by atoms with Gasteiger partial charge in [-0.25, -0.2) is 4.98 Å². The maximum Gasteiger partial charge on any atom is 0.163 e. The number of aromatic amines is 1. The predicted molar refractivity (Wildman–Crippen MR) is 62.7 cm³/mol. The number of imidazole rings is 1. The zero-order valence-electron chi connectivity index (χ0n) is 8.61. The van der Waals surface area contributed by atoms with Gasteiger partial charge in [0.05, 0.1) is 0 Å². The van der Waals surface area contributed by atoms with E-state index in [0.717, 1.165) is 5.82 Å². The molecule has 1 N–H and O–H groups in total. The third-order valence-corrected chi connectivity index (χ3v) is 2.56. The van der Waals surface area contributed by atoms with Gasteiger partial charge in [0.2, 0.25) is 0 Å². The summed E-state index contributed by atoms with van der Waals surface area (Å²) in [5.74, 6) is 0.940. The second-order valence-corrected chi connectivity index (χ2v) is 3.90. The van der Waals surface area contributed by atoms with Crippen molar-refractivity contribution in [2.24, 2.45) is 0 Å². The molecule has 1 aromatic heterocycles. The maximum atomic E-state index is 11.8. The van der Waals surface area contributed by atoms with Crippen LogP contribution in [0, 0.1) is 0 Å². The van der Waals surface area contributed by atoms with E-state index >= 15 is 0 Å². The summed E-state index contributed by atoms with van der Waals surface area (Å²) in [6.07, 6.45) is 4.52. The van der Waals surface area contributed by atoms with Crippen LogP contribution < -0.4 is 0 Å². The molecule has 0 unspecified atom stereocenters. The Labute approximate surface area is 98.5 Å². The van der Waals surface area contributed by atoms with Crippen LogP contribution >= 0.6 is 11.6 Å². The minimum absolute atomic E-state index is 0.105. The topological polar surface area (TPSA) is 45.8 Å². The van der Waals surface area contributed by atoms with Gasteiger partial charge in [0, 0.05) is 35.8 Å². The second kappa shape index (κ2) is 4.94. The van der Waals surface area contributed by atoms with E-state index in [1.165, 1.54) is 0 Å². The summed E-state index contributed by atoms with van der Waals surface area (Å²) in [4.78, 5) is 18.8. The zero-order valence-corrected chi connectivity index (χ0v) is 9.37. The second-order valence-electron chi connectivity index (χ2n) is 3.47. The predicted octanol–water partition coefficient (Wildman–Crippen LogP) is 2.88. The first kappa shape index (κ1) is 10.9. The van der Waals surface area contributed by atoms with E-state index in [4.69, 9.17) is 11.6 Å². The van der Waals surface area contributed by atoms with E-state index in [0.29, 0.717) is 23.4 Å². The van der Waals surface area contributed by atoms with Crippen molar-refractivity contribution in [3.05, 3.63) is 53.1 Å². The van der Waals surface area contributed by atoms with Gasteiger partial charge in [-0.1, -0.05) is 11.6 Å². The number of halogens is 1. The van der Waals surface area contributed by atoms with Gasteiger partial charge >= 0.3 is 0 Å². The number of nitrogens with zero attached hydrogens (tertiary/aromatic N) is 1. The number of aryl methyl sites for hydroxylation is 1. The van der Waals surface area contributed by atoms with Gasteiger partial charge in [-0.15, -0.1) is 0 Å². The number of carbonyl (C=O) groups excluding carboxylic acids is 1. The van der Waals surface area contributed by atoms with Crippen LogP contribution in [0.2, 0.25) is 5.02 Å². The van der Waals surface area contributed by atoms with Crippen LogP contribution in [0.5, 0.6) is 0 Å². The van der Waals surface area contributed by atoms with E-state index in [1.807, 2.05) is 0 Å². The first-order chi connectivity index (χ1) is 7.75. The molecule has 1 heterocycles. The molecule has 0 amide bonds. The van der Waals surface area contributed by atoms with Crippen LogP contribution in [-0.2, 0) is 6.42 Å². The highest BCUT2D eigenvalue weighted by Crippen LogP contribution is 2.11. The molecule has 3 nitrogen and oxygen atoms in total. The fourth-order valence-corrected chi connectivity index (χ4v) is 1.57. The molecule has 0 fully saturated rings. The van der Waals surface area contributed by atoms with Crippen molar-refractivity contribution in [3.63, 3.8) is 0 Å². The summed E-state index contributed by atoms with van der Waals surface area (Å²) in [5, 5.41) is 0.641. The standard InChI is InChI=1S/C12H11ClN2O/c13-10-3-1-9(2-4-10)11(16)5-6-12-14-7-8-15-12/h1-4,7-8H,5-6H2,(H,14,15). The van der Waals surface area contributed by atoms with E-state index < -0.39 is 0 Å². The van der Waals surface area contributed by atoms with Gasteiger partial charge in [-0.05, 0) is 24.3 Å². The van der Waals surface area contributed by atoms with Gasteiger partial charge in [0.25, 0.3) is 0 Å². The number of H-pyrrole nitrogens is 1. The number of aromatic nitrogens is 2. The summed E-state index contributed by atoms with van der Waals surface area (Å²) >= 11 is 5.75. The molecule has 4 heteroatoms. The largest absolute Gasteiger partial charge is 0.349 e. The SMILES string of the molecule is O=C(CCc1ncc[nH]1)c1ccc(Cl)cc1. The number of rotatable bonds is 4. The third-order valence-electron chi connectivity index (χ3n) is 2.31. The highest BCUT2D eigenvalue weighted by atomic mass is 35.5. The lowest BCUT2D eigenvalue weighted by Gasteiger charge is -1.99. The van der Waals surface area contributed by atoms with Gasteiger partial charge in [0.1, 0.15) is 5.82 Å². The van der Waals surface area contributed by atoms with Crippen molar-refractivity contribution in [3.8, 4) is 0 Å². The molecule has 16 heavy (non-hydrogen) atoms. The Bertz CT molecular complexity index is 462. The molecule has 0 saturated carbocycles. The average Bonchev–Trinajstić information content (AvgIpc) is 2.80. The van der Waals surface area contributed by atoms with E-state index in [1.54, 1.807) is 36.7 Å². The summed E-state index contributed by atoms with van der Waals surface area (Å²) in [6.45, 7) is 0. The number of benzene rings is 1. The number of hydrogen-bond acceptors (Lipinski definition) is 2. The Morgan fingerprint density at radius 2 is 2.06 bits per heavy atom. The number of carbonyl (C=O) groups is 1. The molecule has 0 aliphatic rings. The highest BCUT2D eigenvalue weighted by Gasteiger charge is 2.06. The molecule has 82 valence electrons. The molecule has 2 rings (SSSR count).